The summed E-state index contributed by atoms with van der Waals surface area (Å²) in [7, 11) is 0. The molecule has 0 aromatic heterocycles. The monoisotopic (exact) mass is 372 g/mol. The molecule has 1 rings (SSSR count). The topological polar surface area (TPSA) is 47.9 Å². The van der Waals surface area contributed by atoms with E-state index in [1.54, 1.807) is 19.1 Å². The van der Waals surface area contributed by atoms with Gasteiger partial charge in [0.25, 0.3) is 0 Å². The van der Waals surface area contributed by atoms with Crippen LogP contribution in [0.15, 0.2) is 16.6 Å². The van der Waals surface area contributed by atoms with Crippen LogP contribution in [0.2, 0.25) is 0 Å². The second kappa shape index (κ2) is 8.45. The Bertz CT molecular complexity index is 452. The summed E-state index contributed by atoms with van der Waals surface area (Å²) in [4.78, 5) is 0. The summed E-state index contributed by atoms with van der Waals surface area (Å²) in [5, 5.41) is 9.12. The van der Waals surface area contributed by atoms with Crippen molar-refractivity contribution in [1.29, 1.82) is 0 Å². The lowest BCUT2D eigenvalue weighted by molar-refractivity contribution is -0.175. The second-order valence-electron chi connectivity index (χ2n) is 4.01. The Morgan fingerprint density at radius 1 is 1.19 bits per heavy atom. The smallest absolute Gasteiger partial charge is 0.411 e. The van der Waals surface area contributed by atoms with E-state index in [0.29, 0.717) is 28.1 Å². The predicted molar refractivity (Wildman–Crippen MR) is 73.6 cm³/mol. The van der Waals surface area contributed by atoms with E-state index in [4.69, 9.17) is 14.6 Å². The van der Waals surface area contributed by atoms with Gasteiger partial charge in [0.2, 0.25) is 0 Å². The maximum absolute atomic E-state index is 11.9. The van der Waals surface area contributed by atoms with Crippen LogP contribution in [0, 0.1) is 0 Å². The van der Waals surface area contributed by atoms with E-state index in [1.165, 1.54) is 0 Å². The normalized spacial score (nSPS) is 11.5. The standard InChI is InChI=1S/C13H16BrF3O4/c1-2-20-11-6-9(7-18)5-10(14)12(11)21-4-3-19-8-13(15,16)17/h5-6,18H,2-4,7-8H2,1H3. The number of hydrogen-bond acceptors (Lipinski definition) is 4. The van der Waals surface area contributed by atoms with Crippen LogP contribution < -0.4 is 9.47 Å². The number of alkyl halides is 3. The molecule has 0 heterocycles. The van der Waals surface area contributed by atoms with Gasteiger partial charge in [0.05, 0.1) is 24.3 Å². The van der Waals surface area contributed by atoms with Gasteiger partial charge < -0.3 is 19.3 Å². The average Bonchev–Trinajstić information content (AvgIpc) is 2.39. The molecule has 0 spiro atoms. The molecule has 0 saturated heterocycles. The molecule has 1 aromatic carbocycles. The summed E-state index contributed by atoms with van der Waals surface area (Å²) in [6, 6.07) is 3.26. The molecule has 8 heteroatoms. The summed E-state index contributed by atoms with van der Waals surface area (Å²) in [6.45, 7) is 0.470. The lowest BCUT2D eigenvalue weighted by Crippen LogP contribution is -2.19. The zero-order valence-electron chi connectivity index (χ0n) is 11.4. The summed E-state index contributed by atoms with van der Waals surface area (Å²) >= 11 is 3.27. The van der Waals surface area contributed by atoms with Crippen molar-refractivity contribution in [2.45, 2.75) is 19.7 Å². The Balaban J connectivity index is 2.61. The van der Waals surface area contributed by atoms with Gasteiger partial charge in [-0.1, -0.05) is 0 Å². The van der Waals surface area contributed by atoms with Crippen molar-refractivity contribution in [2.75, 3.05) is 26.4 Å². The van der Waals surface area contributed by atoms with Crippen LogP contribution in [0.1, 0.15) is 12.5 Å². The van der Waals surface area contributed by atoms with Crippen LogP contribution >= 0.6 is 15.9 Å². The molecule has 0 atom stereocenters. The van der Waals surface area contributed by atoms with Gasteiger partial charge in [-0.2, -0.15) is 13.2 Å². The first-order valence-electron chi connectivity index (χ1n) is 6.20. The van der Waals surface area contributed by atoms with Crippen molar-refractivity contribution in [1.82, 2.24) is 0 Å². The van der Waals surface area contributed by atoms with Crippen LogP contribution in [0.4, 0.5) is 13.2 Å². The van der Waals surface area contributed by atoms with Crippen molar-refractivity contribution < 1.29 is 32.5 Å². The van der Waals surface area contributed by atoms with Crippen LogP contribution in [0.25, 0.3) is 0 Å². The van der Waals surface area contributed by atoms with E-state index < -0.39 is 12.8 Å². The first-order valence-corrected chi connectivity index (χ1v) is 7.00. The minimum absolute atomic E-state index is 0.0484. The zero-order valence-corrected chi connectivity index (χ0v) is 13.0. The van der Waals surface area contributed by atoms with Gasteiger partial charge in [-0.3, -0.25) is 0 Å². The highest BCUT2D eigenvalue weighted by molar-refractivity contribution is 9.10. The molecule has 4 nitrogen and oxygen atoms in total. The largest absolute Gasteiger partial charge is 0.490 e. The first-order chi connectivity index (χ1) is 9.87. The number of ether oxygens (including phenoxy) is 3. The molecule has 120 valence electrons. The van der Waals surface area contributed by atoms with Gasteiger partial charge in [-0.05, 0) is 40.5 Å². The fraction of sp³-hybridized carbons (Fsp3) is 0.538. The third kappa shape index (κ3) is 6.54. The lowest BCUT2D eigenvalue weighted by atomic mass is 10.2. The molecule has 0 radical (unpaired) electrons. The van der Waals surface area contributed by atoms with Gasteiger partial charge in [-0.15, -0.1) is 0 Å². The molecular formula is C13H16BrF3O4. The van der Waals surface area contributed by atoms with E-state index in [1.807, 2.05) is 0 Å². The first kappa shape index (κ1) is 18.1. The summed E-state index contributed by atoms with van der Waals surface area (Å²) in [5.41, 5.74) is 0.631. The average molecular weight is 373 g/mol. The van der Waals surface area contributed by atoms with Crippen molar-refractivity contribution in [3.8, 4) is 11.5 Å². The Morgan fingerprint density at radius 3 is 2.48 bits per heavy atom. The summed E-state index contributed by atoms with van der Waals surface area (Å²) in [5.74, 6) is 0.774. The Kier molecular flexibility index (Phi) is 7.27. The Hall–Kier alpha value is -0.990. The maximum Gasteiger partial charge on any atom is 0.411 e. The molecule has 0 aliphatic carbocycles. The molecule has 0 unspecified atom stereocenters. The molecule has 0 bridgehead atoms. The molecule has 0 fully saturated rings. The van der Waals surface area contributed by atoms with Crippen molar-refractivity contribution in [3.63, 3.8) is 0 Å². The summed E-state index contributed by atoms with van der Waals surface area (Å²) < 4.78 is 51.5. The third-order valence-electron chi connectivity index (χ3n) is 2.29. The maximum atomic E-state index is 11.9. The van der Waals surface area contributed by atoms with E-state index in [9.17, 15) is 13.2 Å². The zero-order chi connectivity index (χ0) is 15.9. The number of aliphatic hydroxyl groups is 1. The van der Waals surface area contributed by atoms with E-state index in [-0.39, 0.29) is 19.8 Å². The van der Waals surface area contributed by atoms with Gasteiger partial charge in [0.15, 0.2) is 11.5 Å². The van der Waals surface area contributed by atoms with Crippen molar-refractivity contribution >= 4 is 15.9 Å². The molecule has 1 aromatic rings. The fourth-order valence-corrected chi connectivity index (χ4v) is 2.11. The minimum Gasteiger partial charge on any atom is -0.490 e. The predicted octanol–water partition coefficient (Wildman–Crippen LogP) is 3.30. The highest BCUT2D eigenvalue weighted by Crippen LogP contribution is 2.37. The number of halogens is 4. The van der Waals surface area contributed by atoms with Gasteiger partial charge in [-0.25, -0.2) is 0 Å². The van der Waals surface area contributed by atoms with Crippen molar-refractivity contribution in [2.24, 2.45) is 0 Å². The highest BCUT2D eigenvalue weighted by Gasteiger charge is 2.27. The lowest BCUT2D eigenvalue weighted by Gasteiger charge is -2.15. The van der Waals surface area contributed by atoms with Gasteiger partial charge in [0.1, 0.15) is 13.2 Å². The van der Waals surface area contributed by atoms with Gasteiger partial charge >= 0.3 is 6.18 Å². The van der Waals surface area contributed by atoms with E-state index >= 15 is 0 Å². The number of hydrogen-bond donors (Lipinski definition) is 1. The molecule has 0 amide bonds. The molecular weight excluding hydrogens is 357 g/mol. The van der Waals surface area contributed by atoms with Crippen LogP contribution in [0.3, 0.4) is 0 Å². The SMILES string of the molecule is CCOc1cc(CO)cc(Br)c1OCCOCC(F)(F)F. The van der Waals surface area contributed by atoms with Crippen LogP contribution in [0.5, 0.6) is 11.5 Å². The van der Waals surface area contributed by atoms with E-state index in [0.717, 1.165) is 0 Å². The van der Waals surface area contributed by atoms with Crippen LogP contribution in [-0.4, -0.2) is 37.7 Å². The molecule has 0 aliphatic rings. The summed E-state index contributed by atoms with van der Waals surface area (Å²) in [6.07, 6.45) is -4.35. The highest BCUT2D eigenvalue weighted by atomic mass is 79.9. The number of aliphatic hydroxyl groups excluding tert-OH is 1. The third-order valence-corrected chi connectivity index (χ3v) is 2.88. The Labute approximate surface area is 128 Å². The molecule has 21 heavy (non-hydrogen) atoms. The van der Waals surface area contributed by atoms with Crippen LogP contribution in [-0.2, 0) is 11.3 Å². The molecule has 0 aliphatic heterocycles. The minimum atomic E-state index is -4.35. The Morgan fingerprint density at radius 2 is 1.90 bits per heavy atom. The fourth-order valence-electron chi connectivity index (χ4n) is 1.51. The van der Waals surface area contributed by atoms with Gasteiger partial charge in [0, 0.05) is 0 Å². The van der Waals surface area contributed by atoms with E-state index in [2.05, 4.69) is 20.7 Å². The second-order valence-corrected chi connectivity index (χ2v) is 4.87. The molecule has 1 N–H and O–H groups in total. The molecule has 0 saturated carbocycles. The number of rotatable bonds is 8. The van der Waals surface area contributed by atoms with Crippen molar-refractivity contribution in [3.05, 3.63) is 22.2 Å². The number of benzene rings is 1. The quantitative estimate of drug-likeness (QED) is 0.711.